The lowest BCUT2D eigenvalue weighted by atomic mass is 9.66. The summed E-state index contributed by atoms with van der Waals surface area (Å²) in [5.41, 5.74) is -0.140. The molecule has 0 saturated heterocycles. The first kappa shape index (κ1) is 14.5. The molecule has 1 aromatic rings. The van der Waals surface area contributed by atoms with Crippen molar-refractivity contribution in [3.05, 3.63) is 34.1 Å². The molecule has 0 heterocycles. The fourth-order valence-corrected chi connectivity index (χ4v) is 3.40. The minimum atomic E-state index is -0.864. The Morgan fingerprint density at radius 1 is 1.58 bits per heavy atom. The van der Waals surface area contributed by atoms with Gasteiger partial charge in [-0.1, -0.05) is 25.8 Å². The zero-order chi connectivity index (χ0) is 14.0. The van der Waals surface area contributed by atoms with E-state index in [1.165, 1.54) is 6.07 Å². The molecule has 19 heavy (non-hydrogen) atoms. The van der Waals surface area contributed by atoms with Crippen LogP contribution in [0.25, 0.3) is 0 Å². The van der Waals surface area contributed by atoms with Crippen LogP contribution >= 0.6 is 15.9 Å². The minimum Gasteiger partial charge on any atom is -0.387 e. The molecule has 3 unspecified atom stereocenters. The lowest BCUT2D eigenvalue weighted by molar-refractivity contribution is 0.0218. The first-order chi connectivity index (χ1) is 8.98. The van der Waals surface area contributed by atoms with Gasteiger partial charge in [0.2, 0.25) is 0 Å². The molecule has 1 saturated carbocycles. The van der Waals surface area contributed by atoms with Crippen LogP contribution in [0.2, 0.25) is 0 Å². The number of aliphatic hydroxyl groups is 1. The standard InChI is InChI=1S/C15H17BrFNO/c1-10-3-2-6-15(8-10,9-18)14(19)11-4-5-13(17)12(16)7-11/h4-5,7,10,14,19H,2-3,6,8H2,1H3. The highest BCUT2D eigenvalue weighted by molar-refractivity contribution is 9.10. The Kier molecular flexibility index (Phi) is 4.27. The van der Waals surface area contributed by atoms with Gasteiger partial charge < -0.3 is 5.11 Å². The number of benzene rings is 1. The first-order valence-corrected chi connectivity index (χ1v) is 7.32. The van der Waals surface area contributed by atoms with Gasteiger partial charge in [0.1, 0.15) is 5.82 Å². The molecule has 0 spiro atoms. The quantitative estimate of drug-likeness (QED) is 0.878. The molecule has 1 N–H and O–H groups in total. The van der Waals surface area contributed by atoms with Gasteiger partial charge in [0.25, 0.3) is 0 Å². The van der Waals surface area contributed by atoms with E-state index >= 15 is 0 Å². The van der Waals surface area contributed by atoms with E-state index in [1.807, 2.05) is 0 Å². The largest absolute Gasteiger partial charge is 0.387 e. The summed E-state index contributed by atoms with van der Waals surface area (Å²) in [5, 5.41) is 20.1. The summed E-state index contributed by atoms with van der Waals surface area (Å²) in [6.07, 6.45) is 2.58. The van der Waals surface area contributed by atoms with E-state index in [0.29, 0.717) is 28.8 Å². The van der Waals surface area contributed by atoms with Crippen LogP contribution in [0.1, 0.15) is 44.3 Å². The molecule has 0 radical (unpaired) electrons. The highest BCUT2D eigenvalue weighted by Gasteiger charge is 2.42. The average molecular weight is 326 g/mol. The third-order valence-electron chi connectivity index (χ3n) is 4.04. The zero-order valence-electron chi connectivity index (χ0n) is 10.9. The molecule has 2 nitrogen and oxygen atoms in total. The molecule has 1 aliphatic rings. The van der Waals surface area contributed by atoms with Crippen LogP contribution in [0.15, 0.2) is 22.7 Å². The second-order valence-electron chi connectivity index (χ2n) is 5.55. The molecule has 102 valence electrons. The number of nitrogens with zero attached hydrogens (tertiary/aromatic N) is 1. The minimum absolute atomic E-state index is 0.320. The van der Waals surface area contributed by atoms with Crippen molar-refractivity contribution in [2.24, 2.45) is 11.3 Å². The Morgan fingerprint density at radius 2 is 2.32 bits per heavy atom. The van der Waals surface area contributed by atoms with Gasteiger partial charge in [-0.05, 0) is 52.4 Å². The van der Waals surface area contributed by atoms with E-state index in [-0.39, 0.29) is 5.82 Å². The van der Waals surface area contributed by atoms with Crippen molar-refractivity contribution in [1.29, 1.82) is 5.26 Å². The van der Waals surface area contributed by atoms with Gasteiger partial charge in [-0.3, -0.25) is 0 Å². The Morgan fingerprint density at radius 3 is 2.89 bits per heavy atom. The molecular weight excluding hydrogens is 309 g/mol. The van der Waals surface area contributed by atoms with E-state index < -0.39 is 11.5 Å². The van der Waals surface area contributed by atoms with Crippen LogP contribution in [0, 0.1) is 28.5 Å². The van der Waals surface area contributed by atoms with Crippen molar-refractivity contribution in [2.45, 2.75) is 38.7 Å². The number of hydrogen-bond acceptors (Lipinski definition) is 2. The summed E-state index contributed by atoms with van der Waals surface area (Å²) >= 11 is 3.12. The highest BCUT2D eigenvalue weighted by Crippen LogP contribution is 2.47. The van der Waals surface area contributed by atoms with Gasteiger partial charge in [-0.2, -0.15) is 5.26 Å². The van der Waals surface area contributed by atoms with E-state index in [9.17, 15) is 14.8 Å². The topological polar surface area (TPSA) is 44.0 Å². The van der Waals surface area contributed by atoms with E-state index in [1.54, 1.807) is 12.1 Å². The van der Waals surface area contributed by atoms with E-state index in [2.05, 4.69) is 28.9 Å². The molecule has 1 aromatic carbocycles. The van der Waals surface area contributed by atoms with Gasteiger partial charge in [0.05, 0.1) is 22.1 Å². The molecule has 3 atom stereocenters. The molecule has 1 fully saturated rings. The summed E-state index contributed by atoms with van der Waals surface area (Å²) in [7, 11) is 0. The van der Waals surface area contributed by atoms with Crippen LogP contribution in [0.3, 0.4) is 0 Å². The maximum Gasteiger partial charge on any atom is 0.137 e. The monoisotopic (exact) mass is 325 g/mol. The van der Waals surface area contributed by atoms with Crippen LogP contribution in [0.4, 0.5) is 4.39 Å². The van der Waals surface area contributed by atoms with Crippen molar-refractivity contribution in [3.8, 4) is 6.07 Å². The van der Waals surface area contributed by atoms with Crippen molar-refractivity contribution < 1.29 is 9.50 Å². The third-order valence-corrected chi connectivity index (χ3v) is 4.65. The lowest BCUT2D eigenvalue weighted by Crippen LogP contribution is -2.33. The molecule has 1 aliphatic carbocycles. The molecule has 0 amide bonds. The van der Waals surface area contributed by atoms with Gasteiger partial charge in [0.15, 0.2) is 0 Å². The highest BCUT2D eigenvalue weighted by atomic mass is 79.9. The van der Waals surface area contributed by atoms with Crippen LogP contribution in [0.5, 0.6) is 0 Å². The van der Waals surface area contributed by atoms with E-state index in [4.69, 9.17) is 0 Å². The van der Waals surface area contributed by atoms with Crippen LogP contribution < -0.4 is 0 Å². The van der Waals surface area contributed by atoms with Crippen LogP contribution in [-0.4, -0.2) is 5.11 Å². The Labute approximate surface area is 121 Å². The molecule has 2 rings (SSSR count). The van der Waals surface area contributed by atoms with Crippen molar-refractivity contribution in [3.63, 3.8) is 0 Å². The van der Waals surface area contributed by atoms with Gasteiger partial charge in [0, 0.05) is 0 Å². The summed E-state index contributed by atoms with van der Waals surface area (Å²) in [4.78, 5) is 0. The van der Waals surface area contributed by atoms with Crippen molar-refractivity contribution >= 4 is 15.9 Å². The summed E-state index contributed by atoms with van der Waals surface area (Å²) in [5.74, 6) is 0.0749. The molecule has 0 bridgehead atoms. The zero-order valence-corrected chi connectivity index (χ0v) is 12.5. The SMILES string of the molecule is CC1CCCC(C#N)(C(O)c2ccc(F)c(Br)c2)C1. The van der Waals surface area contributed by atoms with Crippen molar-refractivity contribution in [1.82, 2.24) is 0 Å². The smallest absolute Gasteiger partial charge is 0.137 e. The second kappa shape index (κ2) is 5.60. The van der Waals surface area contributed by atoms with Crippen LogP contribution in [-0.2, 0) is 0 Å². The number of hydrogen-bond donors (Lipinski definition) is 1. The molecule has 0 aliphatic heterocycles. The summed E-state index contributed by atoms with van der Waals surface area (Å²) in [6, 6.07) is 6.77. The lowest BCUT2D eigenvalue weighted by Gasteiger charge is -2.38. The molecule has 0 aromatic heterocycles. The fourth-order valence-electron chi connectivity index (χ4n) is 3.00. The maximum absolute atomic E-state index is 13.3. The second-order valence-corrected chi connectivity index (χ2v) is 6.40. The summed E-state index contributed by atoms with van der Waals surface area (Å²) in [6.45, 7) is 2.11. The van der Waals surface area contributed by atoms with Crippen molar-refractivity contribution in [2.75, 3.05) is 0 Å². The van der Waals surface area contributed by atoms with Gasteiger partial charge in [-0.25, -0.2) is 4.39 Å². The first-order valence-electron chi connectivity index (χ1n) is 6.53. The molecular formula is C15H17BrFNO. The number of rotatable bonds is 2. The third kappa shape index (κ3) is 2.82. The van der Waals surface area contributed by atoms with Gasteiger partial charge in [-0.15, -0.1) is 0 Å². The molecule has 4 heteroatoms. The fraction of sp³-hybridized carbons (Fsp3) is 0.533. The van der Waals surface area contributed by atoms with E-state index in [0.717, 1.165) is 12.8 Å². The predicted octanol–water partition coefficient (Wildman–Crippen LogP) is 4.34. The number of halogens is 2. The average Bonchev–Trinajstić information content (AvgIpc) is 2.41. The summed E-state index contributed by atoms with van der Waals surface area (Å²) < 4.78 is 13.6. The predicted molar refractivity (Wildman–Crippen MR) is 74.7 cm³/mol. The normalized spacial score (nSPS) is 28.7. The Balaban J connectivity index is 2.32. The Bertz CT molecular complexity index is 513. The Hall–Kier alpha value is -0.920. The maximum atomic E-state index is 13.3. The number of nitriles is 1. The van der Waals surface area contributed by atoms with Gasteiger partial charge >= 0.3 is 0 Å². The number of aliphatic hydroxyl groups excluding tert-OH is 1.